The topological polar surface area (TPSA) is 259 Å². The Balaban J connectivity index is 0.0000110. The predicted molar refractivity (Wildman–Crippen MR) is 182 cm³/mol. The van der Waals surface area contributed by atoms with Gasteiger partial charge in [0, 0.05) is 19.4 Å². The van der Waals surface area contributed by atoms with Crippen LogP contribution in [0.5, 0.6) is 5.75 Å². The Morgan fingerprint density at radius 1 is 0.830 bits per heavy atom. The number of nitrogens with two attached hydrogens (primary N) is 3. The standard InChI is InChI=1S/C32H48N8O6.ClH/c1-19-15-22(41)16-20(2)23(19)18-26(39-28(42)24(34)11-8-14-37-32(35)36)30(44)38-25(12-6-7-13-33)29(43)40-27(31(45)46)17-21-9-4-3-5-10-21;/h3-5,9-10,15-16,24-27,41H,6-8,11-14,17-18,33-34H2,1-2H3,(H,38,44)(H,39,42)(H,40,43)(H,45,46)(H4,35,36,37);1H/t24?,25?,26?,27-;/m0./s1. The molecule has 4 atom stereocenters. The second-order valence-corrected chi connectivity index (χ2v) is 11.3. The summed E-state index contributed by atoms with van der Waals surface area (Å²) in [5.41, 5.74) is 19.9. The average Bonchev–Trinajstić information content (AvgIpc) is 2.99. The van der Waals surface area contributed by atoms with Crippen molar-refractivity contribution in [1.82, 2.24) is 21.3 Å². The zero-order valence-corrected chi connectivity index (χ0v) is 27.7. The number of aryl methyl sites for hydroxylation is 2. The van der Waals surface area contributed by atoms with E-state index in [1.54, 1.807) is 56.3 Å². The molecule has 2 aromatic carbocycles. The van der Waals surface area contributed by atoms with Crippen LogP contribution in [0.1, 0.15) is 54.4 Å². The molecule has 3 unspecified atom stereocenters. The first kappa shape index (κ1) is 40.6. The van der Waals surface area contributed by atoms with Crippen molar-refractivity contribution < 1.29 is 29.4 Å². The molecule has 0 aliphatic rings. The number of halogens is 1. The van der Waals surface area contributed by atoms with Gasteiger partial charge < -0.3 is 48.7 Å². The lowest BCUT2D eigenvalue weighted by Gasteiger charge is -2.26. The second kappa shape index (κ2) is 20.7. The number of amides is 3. The molecule has 260 valence electrons. The fourth-order valence-electron chi connectivity index (χ4n) is 5.02. The van der Waals surface area contributed by atoms with Gasteiger partial charge in [0.25, 0.3) is 0 Å². The zero-order valence-electron chi connectivity index (χ0n) is 26.9. The largest absolute Gasteiger partial charge is 0.508 e. The summed E-state index contributed by atoms with van der Waals surface area (Å²) in [6, 6.07) is 7.49. The summed E-state index contributed by atoms with van der Waals surface area (Å²) in [4.78, 5) is 52.4. The maximum absolute atomic E-state index is 13.8. The van der Waals surface area contributed by atoms with Crippen molar-refractivity contribution in [3.8, 4) is 5.75 Å². The number of guanidine groups is 1. The van der Waals surface area contributed by atoms with Crippen molar-refractivity contribution in [3.63, 3.8) is 0 Å². The smallest absolute Gasteiger partial charge is 0.326 e. The van der Waals surface area contributed by atoms with E-state index in [9.17, 15) is 29.4 Å². The molecule has 13 N–H and O–H groups in total. The summed E-state index contributed by atoms with van der Waals surface area (Å²) >= 11 is 0. The van der Waals surface area contributed by atoms with Crippen LogP contribution in [0, 0.1) is 19.3 Å². The third-order valence-corrected chi connectivity index (χ3v) is 7.54. The van der Waals surface area contributed by atoms with Gasteiger partial charge in [-0.05, 0) is 86.9 Å². The van der Waals surface area contributed by atoms with E-state index in [-0.39, 0.29) is 49.8 Å². The van der Waals surface area contributed by atoms with Gasteiger partial charge in [-0.1, -0.05) is 30.3 Å². The van der Waals surface area contributed by atoms with Gasteiger partial charge in [-0.25, -0.2) is 4.79 Å². The van der Waals surface area contributed by atoms with E-state index in [0.29, 0.717) is 43.5 Å². The van der Waals surface area contributed by atoms with Crippen molar-refractivity contribution in [2.75, 3.05) is 13.1 Å². The van der Waals surface area contributed by atoms with Gasteiger partial charge in [0.2, 0.25) is 17.7 Å². The zero-order chi connectivity index (χ0) is 34.2. The number of rotatable bonds is 19. The maximum atomic E-state index is 13.8. The summed E-state index contributed by atoms with van der Waals surface area (Å²) in [6.07, 6.45) is 2.02. The SMILES string of the molecule is Cc1cc(O)cc(C)c1CC(NC(=O)C(N)CCCNC(=N)N)C(=O)NC(CCCCN)C(=O)N[C@@H](Cc1ccccc1)C(=O)O.Cl. The summed E-state index contributed by atoms with van der Waals surface area (Å²) < 4.78 is 0. The van der Waals surface area contributed by atoms with E-state index in [1.807, 2.05) is 0 Å². The number of phenolic OH excluding ortho intramolecular Hbond substituents is 1. The van der Waals surface area contributed by atoms with Crippen LogP contribution in [0.4, 0.5) is 0 Å². The Labute approximate surface area is 281 Å². The number of nitrogens with one attached hydrogen (secondary N) is 5. The molecule has 15 heteroatoms. The third-order valence-electron chi connectivity index (χ3n) is 7.54. The normalized spacial score (nSPS) is 13.2. The number of unbranched alkanes of at least 4 members (excludes halogenated alkanes) is 1. The maximum Gasteiger partial charge on any atom is 0.326 e. The van der Waals surface area contributed by atoms with Gasteiger partial charge in [0.15, 0.2) is 5.96 Å². The molecule has 14 nitrogen and oxygen atoms in total. The predicted octanol–water partition coefficient (Wildman–Crippen LogP) is 0.475. The summed E-state index contributed by atoms with van der Waals surface area (Å²) in [5, 5.41) is 37.7. The van der Waals surface area contributed by atoms with Crippen molar-refractivity contribution in [2.45, 2.75) is 83.0 Å². The lowest BCUT2D eigenvalue weighted by atomic mass is 9.95. The molecule has 0 radical (unpaired) electrons. The van der Waals surface area contributed by atoms with Crippen LogP contribution >= 0.6 is 12.4 Å². The molecular weight excluding hydrogens is 628 g/mol. The lowest BCUT2D eigenvalue weighted by Crippen LogP contribution is -2.57. The number of benzene rings is 2. The van der Waals surface area contributed by atoms with E-state index in [4.69, 9.17) is 22.6 Å². The minimum absolute atomic E-state index is 0. The number of hydrogen-bond acceptors (Lipinski definition) is 8. The number of carboxylic acids is 1. The molecule has 0 heterocycles. The summed E-state index contributed by atoms with van der Waals surface area (Å²) in [7, 11) is 0. The van der Waals surface area contributed by atoms with Crippen molar-refractivity contribution in [3.05, 3.63) is 64.7 Å². The Morgan fingerprint density at radius 3 is 1.98 bits per heavy atom. The van der Waals surface area contributed by atoms with Crippen LogP contribution in [0.3, 0.4) is 0 Å². The molecule has 0 fully saturated rings. The Bertz CT molecular complexity index is 1320. The van der Waals surface area contributed by atoms with Gasteiger partial charge in [-0.2, -0.15) is 0 Å². The van der Waals surface area contributed by atoms with Gasteiger partial charge >= 0.3 is 5.97 Å². The first-order valence-corrected chi connectivity index (χ1v) is 15.3. The van der Waals surface area contributed by atoms with E-state index in [0.717, 1.165) is 11.1 Å². The van der Waals surface area contributed by atoms with Crippen LogP contribution in [0.2, 0.25) is 0 Å². The molecule has 0 aliphatic heterocycles. The van der Waals surface area contributed by atoms with E-state index >= 15 is 0 Å². The molecule has 0 saturated carbocycles. The first-order chi connectivity index (χ1) is 21.8. The lowest BCUT2D eigenvalue weighted by molar-refractivity contribution is -0.142. The van der Waals surface area contributed by atoms with E-state index < -0.39 is 47.9 Å². The molecule has 0 spiro atoms. The van der Waals surface area contributed by atoms with Crippen LogP contribution in [0.15, 0.2) is 42.5 Å². The number of carboxylic acid groups (broad SMARTS) is 1. The number of hydrogen-bond donors (Lipinski definition) is 10. The van der Waals surface area contributed by atoms with E-state index in [1.165, 1.54) is 0 Å². The van der Waals surface area contributed by atoms with E-state index in [2.05, 4.69) is 21.3 Å². The average molecular weight is 677 g/mol. The van der Waals surface area contributed by atoms with Crippen molar-refractivity contribution in [2.24, 2.45) is 17.2 Å². The molecule has 47 heavy (non-hydrogen) atoms. The minimum atomic E-state index is -1.24. The number of phenols is 1. The first-order valence-electron chi connectivity index (χ1n) is 15.3. The van der Waals surface area contributed by atoms with Crippen LogP contribution < -0.4 is 38.5 Å². The van der Waals surface area contributed by atoms with Crippen molar-refractivity contribution >= 4 is 42.1 Å². The van der Waals surface area contributed by atoms with Crippen molar-refractivity contribution in [1.29, 1.82) is 5.41 Å². The molecule has 0 saturated heterocycles. The Hall–Kier alpha value is -4.40. The highest BCUT2D eigenvalue weighted by Gasteiger charge is 2.31. The molecule has 2 rings (SSSR count). The molecule has 0 aliphatic carbocycles. The fourth-order valence-corrected chi connectivity index (χ4v) is 5.02. The molecule has 2 aromatic rings. The fraction of sp³-hybridized carbons (Fsp3) is 0.469. The summed E-state index contributed by atoms with van der Waals surface area (Å²) in [6.45, 7) is 4.25. The third kappa shape index (κ3) is 14.3. The molecule has 0 aromatic heterocycles. The van der Waals surface area contributed by atoms with Crippen LogP contribution in [-0.2, 0) is 32.0 Å². The molecular formula is C32H49ClN8O6. The van der Waals surface area contributed by atoms with Gasteiger partial charge in [-0.15, -0.1) is 12.4 Å². The minimum Gasteiger partial charge on any atom is -0.508 e. The van der Waals surface area contributed by atoms with Crippen LogP contribution in [-0.4, -0.2) is 77.1 Å². The van der Waals surface area contributed by atoms with Crippen LogP contribution in [0.25, 0.3) is 0 Å². The Morgan fingerprint density at radius 2 is 1.40 bits per heavy atom. The highest BCUT2D eigenvalue weighted by Crippen LogP contribution is 2.22. The molecule has 0 bridgehead atoms. The molecule has 3 amide bonds. The summed E-state index contributed by atoms with van der Waals surface area (Å²) in [5.74, 6) is -3.28. The van der Waals surface area contributed by atoms with Gasteiger partial charge in [0.05, 0.1) is 6.04 Å². The monoisotopic (exact) mass is 676 g/mol. The highest BCUT2D eigenvalue weighted by molar-refractivity contribution is 5.94. The Kier molecular flexibility index (Phi) is 17.9. The quantitative estimate of drug-likeness (QED) is 0.0559. The number of carbonyl (C=O) groups excluding carboxylic acids is 3. The highest BCUT2D eigenvalue weighted by atomic mass is 35.5. The van der Waals surface area contributed by atoms with Gasteiger partial charge in [0.1, 0.15) is 23.9 Å². The number of aromatic hydroxyl groups is 1. The number of carbonyl (C=O) groups is 4. The number of aliphatic carboxylic acids is 1. The second-order valence-electron chi connectivity index (χ2n) is 11.3. The van der Waals surface area contributed by atoms with Gasteiger partial charge in [-0.3, -0.25) is 19.8 Å².